The number of rotatable bonds is 6. The van der Waals surface area contributed by atoms with Crippen LogP contribution >= 0.6 is 0 Å². The number of hydrogen-bond donors (Lipinski definition) is 2. The molecule has 0 unspecified atom stereocenters. The molecule has 3 aliphatic rings. The molecule has 1 aliphatic carbocycles. The summed E-state index contributed by atoms with van der Waals surface area (Å²) in [7, 11) is 0. The number of nitrogens with two attached hydrogens (primary N) is 1. The lowest BCUT2D eigenvalue weighted by Gasteiger charge is -2.36. The molecule has 2 amide bonds. The van der Waals surface area contributed by atoms with E-state index in [9.17, 15) is 14.4 Å². The van der Waals surface area contributed by atoms with E-state index in [0.717, 1.165) is 79.6 Å². The molecule has 8 rings (SSSR count). The van der Waals surface area contributed by atoms with Gasteiger partial charge in [0.1, 0.15) is 17.4 Å². The Bertz CT molecular complexity index is 2010. The molecule has 0 bridgehead atoms. The first-order chi connectivity index (χ1) is 22.5. The second-order valence-electron chi connectivity index (χ2n) is 12.5. The van der Waals surface area contributed by atoms with Crippen molar-refractivity contribution in [1.82, 2.24) is 33.8 Å². The highest BCUT2D eigenvalue weighted by Crippen LogP contribution is 2.38. The van der Waals surface area contributed by atoms with Crippen molar-refractivity contribution in [3.63, 3.8) is 0 Å². The Hall–Kier alpha value is -5.26. The second kappa shape index (κ2) is 11.3. The minimum atomic E-state index is -0.436. The fourth-order valence-corrected chi connectivity index (χ4v) is 7.25. The van der Waals surface area contributed by atoms with E-state index in [4.69, 9.17) is 5.73 Å². The standard InChI is InChI=1S/C34H35N9O3/c35-31-30-25(19-27(42(30)38-20-37-31)22-13-17-40(18-14-22)33(45)23-5-3-6-23)21-9-11-24(12-10-21)39-32(44)29-26-7-4-16-41(26)43(34(29)46)28-8-1-2-15-36-28/h1-2,8-12,15,19-20,22-23H,3-7,13-14,16-18H2,(H,39,44)(H2,35,37,38). The number of piperidine rings is 1. The van der Waals surface area contributed by atoms with Gasteiger partial charge in [0.25, 0.3) is 11.5 Å². The summed E-state index contributed by atoms with van der Waals surface area (Å²) in [6, 6.07) is 15.0. The Kier molecular flexibility index (Phi) is 6.92. The maximum atomic E-state index is 13.5. The first-order valence-electron chi connectivity index (χ1n) is 16.1. The average molecular weight is 618 g/mol. The highest BCUT2D eigenvalue weighted by atomic mass is 16.2. The third kappa shape index (κ3) is 4.67. The van der Waals surface area contributed by atoms with Crippen LogP contribution in [-0.2, 0) is 17.8 Å². The Morgan fingerprint density at radius 1 is 0.935 bits per heavy atom. The minimum absolute atomic E-state index is 0.153. The van der Waals surface area contributed by atoms with Gasteiger partial charge in [0.2, 0.25) is 5.91 Å². The normalized spacial score (nSPS) is 16.8. The molecular formula is C34H35N9O3. The first-order valence-corrected chi connectivity index (χ1v) is 16.1. The zero-order chi connectivity index (χ0) is 31.4. The van der Waals surface area contributed by atoms with Crippen LogP contribution in [0, 0.1) is 5.92 Å². The molecule has 234 valence electrons. The van der Waals surface area contributed by atoms with E-state index < -0.39 is 5.91 Å². The number of anilines is 2. The van der Waals surface area contributed by atoms with Gasteiger partial charge in [-0.3, -0.25) is 19.1 Å². The quantitative estimate of drug-likeness (QED) is 0.293. The molecule has 3 N–H and O–H groups in total. The number of hydrogen-bond acceptors (Lipinski definition) is 7. The molecule has 0 spiro atoms. The molecule has 6 heterocycles. The van der Waals surface area contributed by atoms with Crippen LogP contribution in [0.15, 0.2) is 65.8 Å². The molecule has 2 fully saturated rings. The van der Waals surface area contributed by atoms with Gasteiger partial charge in [-0.25, -0.2) is 14.5 Å². The zero-order valence-corrected chi connectivity index (χ0v) is 25.4. The summed E-state index contributed by atoms with van der Waals surface area (Å²) < 4.78 is 5.25. The highest BCUT2D eigenvalue weighted by Gasteiger charge is 2.33. The minimum Gasteiger partial charge on any atom is -0.382 e. The average Bonchev–Trinajstić information content (AvgIpc) is 3.74. The smallest absolute Gasteiger partial charge is 0.285 e. The molecule has 1 aromatic carbocycles. The van der Waals surface area contributed by atoms with Gasteiger partial charge >= 0.3 is 0 Å². The number of carbonyl (C=O) groups is 2. The van der Waals surface area contributed by atoms with E-state index in [1.54, 1.807) is 18.3 Å². The molecule has 0 radical (unpaired) electrons. The predicted octanol–water partition coefficient (Wildman–Crippen LogP) is 4.03. The maximum absolute atomic E-state index is 13.5. The van der Waals surface area contributed by atoms with Crippen molar-refractivity contribution >= 4 is 28.8 Å². The van der Waals surface area contributed by atoms with Crippen LogP contribution < -0.4 is 16.6 Å². The van der Waals surface area contributed by atoms with E-state index in [0.29, 0.717) is 36.2 Å². The van der Waals surface area contributed by atoms with Crippen molar-refractivity contribution in [1.29, 1.82) is 0 Å². The lowest BCUT2D eigenvalue weighted by molar-refractivity contribution is -0.139. The van der Waals surface area contributed by atoms with Gasteiger partial charge in [0, 0.05) is 54.6 Å². The summed E-state index contributed by atoms with van der Waals surface area (Å²) >= 11 is 0. The van der Waals surface area contributed by atoms with Crippen LogP contribution in [0.3, 0.4) is 0 Å². The van der Waals surface area contributed by atoms with Gasteiger partial charge in [-0.2, -0.15) is 9.78 Å². The van der Waals surface area contributed by atoms with Gasteiger partial charge in [-0.05, 0) is 74.4 Å². The Balaban J connectivity index is 1.04. The van der Waals surface area contributed by atoms with E-state index in [-0.39, 0.29) is 23.0 Å². The molecule has 0 atom stereocenters. The number of pyridine rings is 1. The number of nitrogens with zero attached hydrogens (tertiary/aromatic N) is 7. The van der Waals surface area contributed by atoms with Crippen LogP contribution in [0.25, 0.3) is 22.5 Å². The molecule has 5 aromatic rings. The zero-order valence-electron chi connectivity index (χ0n) is 25.4. The number of amides is 2. The number of nitrogens with one attached hydrogen (secondary N) is 1. The summed E-state index contributed by atoms with van der Waals surface area (Å²) in [5, 5.41) is 7.50. The van der Waals surface area contributed by atoms with Crippen LogP contribution in [0.2, 0.25) is 0 Å². The molecule has 1 saturated heterocycles. The number of nitrogen functional groups attached to an aromatic ring is 1. The van der Waals surface area contributed by atoms with Crippen molar-refractivity contribution in [2.45, 2.75) is 57.4 Å². The predicted molar refractivity (Wildman–Crippen MR) is 173 cm³/mol. The molecule has 12 heteroatoms. The highest BCUT2D eigenvalue weighted by molar-refractivity contribution is 6.05. The van der Waals surface area contributed by atoms with E-state index in [1.165, 1.54) is 11.0 Å². The summed E-state index contributed by atoms with van der Waals surface area (Å²) in [5.74, 6) is 1.21. The van der Waals surface area contributed by atoms with E-state index in [1.807, 2.05) is 44.4 Å². The van der Waals surface area contributed by atoms with Gasteiger partial charge in [0.05, 0.1) is 5.69 Å². The van der Waals surface area contributed by atoms with Crippen LogP contribution in [0.5, 0.6) is 0 Å². The maximum Gasteiger partial charge on any atom is 0.285 e. The lowest BCUT2D eigenvalue weighted by Crippen LogP contribution is -2.43. The summed E-state index contributed by atoms with van der Waals surface area (Å²) in [6.45, 7) is 2.15. The number of benzene rings is 1. The molecule has 12 nitrogen and oxygen atoms in total. The Labute approximate surface area is 264 Å². The SMILES string of the molecule is Nc1ncnn2c(C3CCN(C(=O)C4CCC4)CC3)cc(-c3ccc(NC(=O)c4c5n(n(-c6ccccn6)c4=O)CCC5)cc3)c12. The number of fused-ring (bicyclic) bond motifs is 2. The van der Waals surface area contributed by atoms with Gasteiger partial charge in [-0.1, -0.05) is 24.6 Å². The summed E-state index contributed by atoms with van der Waals surface area (Å²) in [6.07, 6.45) is 9.55. The number of aromatic nitrogens is 6. The van der Waals surface area contributed by atoms with Crippen LogP contribution in [-0.4, -0.2) is 58.7 Å². The van der Waals surface area contributed by atoms with Crippen molar-refractivity contribution in [2.24, 2.45) is 5.92 Å². The van der Waals surface area contributed by atoms with Crippen molar-refractivity contribution in [3.05, 3.63) is 88.4 Å². The third-order valence-electron chi connectivity index (χ3n) is 9.87. The fourth-order valence-electron chi connectivity index (χ4n) is 7.25. The molecule has 2 aliphatic heterocycles. The van der Waals surface area contributed by atoms with Crippen molar-refractivity contribution in [3.8, 4) is 16.9 Å². The number of likely N-dealkylation sites (tertiary alicyclic amines) is 1. The van der Waals surface area contributed by atoms with E-state index >= 15 is 0 Å². The second-order valence-corrected chi connectivity index (χ2v) is 12.5. The molecule has 4 aromatic heterocycles. The van der Waals surface area contributed by atoms with Crippen molar-refractivity contribution < 1.29 is 9.59 Å². The summed E-state index contributed by atoms with van der Waals surface area (Å²) in [5.41, 5.74) is 11.1. The van der Waals surface area contributed by atoms with Crippen LogP contribution in [0.4, 0.5) is 11.5 Å². The lowest BCUT2D eigenvalue weighted by atomic mass is 9.83. The topological polar surface area (TPSA) is 145 Å². The van der Waals surface area contributed by atoms with Gasteiger partial charge in [0.15, 0.2) is 11.6 Å². The molecule has 1 saturated carbocycles. The Morgan fingerprint density at radius 2 is 1.74 bits per heavy atom. The number of carbonyl (C=O) groups excluding carboxylic acids is 2. The van der Waals surface area contributed by atoms with E-state index in [2.05, 4.69) is 26.4 Å². The van der Waals surface area contributed by atoms with Crippen LogP contribution in [0.1, 0.15) is 66.2 Å². The first kappa shape index (κ1) is 28.2. The Morgan fingerprint density at radius 3 is 2.46 bits per heavy atom. The fraction of sp³-hybridized carbons (Fsp3) is 0.353. The van der Waals surface area contributed by atoms with Gasteiger partial charge in [-0.15, -0.1) is 0 Å². The summed E-state index contributed by atoms with van der Waals surface area (Å²) in [4.78, 5) is 50.4. The largest absolute Gasteiger partial charge is 0.382 e. The third-order valence-corrected chi connectivity index (χ3v) is 9.87. The molecule has 46 heavy (non-hydrogen) atoms. The van der Waals surface area contributed by atoms with Crippen molar-refractivity contribution in [2.75, 3.05) is 24.1 Å². The molecular weight excluding hydrogens is 582 g/mol. The monoisotopic (exact) mass is 617 g/mol. The van der Waals surface area contributed by atoms with Gasteiger partial charge < -0.3 is 16.0 Å².